The Hall–Kier alpha value is -2.10. The number of benzene rings is 1. The molecular weight excluding hydrogens is 242 g/mol. The number of rotatable bonds is 6. The predicted molar refractivity (Wildman–Crippen MR) is 73.5 cm³/mol. The van der Waals surface area contributed by atoms with Gasteiger partial charge in [-0.2, -0.15) is 0 Å². The molecule has 1 rings (SSSR count). The number of carbonyl (C=O) groups is 2. The van der Waals surface area contributed by atoms with Crippen LogP contribution >= 0.6 is 0 Å². The molecule has 0 spiro atoms. The summed E-state index contributed by atoms with van der Waals surface area (Å²) in [5.41, 5.74) is 1.19. The maximum atomic E-state index is 11.8. The minimum atomic E-state index is -0.581. The van der Waals surface area contributed by atoms with Crippen molar-refractivity contribution in [3.05, 3.63) is 47.5 Å². The van der Waals surface area contributed by atoms with Gasteiger partial charge in [0.05, 0.1) is 6.61 Å². The lowest BCUT2D eigenvalue weighted by Gasteiger charge is -2.08. The Balaban J connectivity index is 2.44. The van der Waals surface area contributed by atoms with Crippen LogP contribution in [0.25, 0.3) is 0 Å². The predicted octanol–water partition coefficient (Wildman–Crippen LogP) is 1.85. The number of hydrogen-bond acceptors (Lipinski definition) is 3. The summed E-state index contributed by atoms with van der Waals surface area (Å²) in [5.74, 6) is -0.973. The van der Waals surface area contributed by atoms with Gasteiger partial charge in [0.25, 0.3) is 5.91 Å². The Bertz CT molecular complexity index is 452. The second-order valence-electron chi connectivity index (χ2n) is 3.91. The van der Waals surface area contributed by atoms with E-state index >= 15 is 0 Å². The van der Waals surface area contributed by atoms with E-state index in [4.69, 9.17) is 4.74 Å². The van der Waals surface area contributed by atoms with Crippen LogP contribution < -0.4 is 5.32 Å². The summed E-state index contributed by atoms with van der Waals surface area (Å²) in [7, 11) is 0. The first-order chi connectivity index (χ1) is 9.19. The van der Waals surface area contributed by atoms with Crippen molar-refractivity contribution in [1.82, 2.24) is 5.32 Å². The lowest BCUT2D eigenvalue weighted by atomic mass is 10.1. The molecule has 19 heavy (non-hydrogen) atoms. The van der Waals surface area contributed by atoms with Crippen LogP contribution in [0.2, 0.25) is 0 Å². The second-order valence-corrected chi connectivity index (χ2v) is 3.91. The summed E-state index contributed by atoms with van der Waals surface area (Å²) >= 11 is 0. The number of allylic oxidation sites excluding steroid dienone is 1. The highest BCUT2D eigenvalue weighted by molar-refractivity contribution is 6.16. The summed E-state index contributed by atoms with van der Waals surface area (Å²) in [6, 6.07) is 9.84. The molecule has 1 aromatic rings. The molecule has 1 aromatic carbocycles. The van der Waals surface area contributed by atoms with Crippen molar-refractivity contribution in [3.63, 3.8) is 0 Å². The first-order valence-electron chi connectivity index (χ1n) is 6.34. The van der Waals surface area contributed by atoms with E-state index in [2.05, 4.69) is 5.32 Å². The fourth-order valence-electron chi connectivity index (χ4n) is 1.61. The van der Waals surface area contributed by atoms with Gasteiger partial charge in [0, 0.05) is 6.54 Å². The summed E-state index contributed by atoms with van der Waals surface area (Å²) in [6.07, 6.45) is 2.20. The van der Waals surface area contributed by atoms with Gasteiger partial charge in [-0.3, -0.25) is 4.79 Å². The van der Waals surface area contributed by atoms with Crippen molar-refractivity contribution in [2.75, 3.05) is 13.2 Å². The third-order valence-electron chi connectivity index (χ3n) is 2.57. The quantitative estimate of drug-likeness (QED) is 0.368. The number of ether oxygens (including phenoxy) is 1. The fourth-order valence-corrected chi connectivity index (χ4v) is 1.61. The van der Waals surface area contributed by atoms with E-state index < -0.39 is 11.9 Å². The van der Waals surface area contributed by atoms with Gasteiger partial charge in [-0.25, -0.2) is 4.79 Å². The molecule has 0 heterocycles. The van der Waals surface area contributed by atoms with Crippen molar-refractivity contribution in [2.24, 2.45) is 0 Å². The van der Waals surface area contributed by atoms with E-state index in [9.17, 15) is 9.59 Å². The third kappa shape index (κ3) is 4.95. The SMILES string of the molecule is C/C=C(/C(=O)NCCc1ccccc1)C(=O)OCC. The molecule has 0 saturated heterocycles. The average Bonchev–Trinajstić information content (AvgIpc) is 2.41. The molecule has 0 fully saturated rings. The van der Waals surface area contributed by atoms with Gasteiger partial charge < -0.3 is 10.1 Å². The molecule has 0 aromatic heterocycles. The zero-order valence-corrected chi connectivity index (χ0v) is 11.3. The van der Waals surface area contributed by atoms with Crippen molar-refractivity contribution < 1.29 is 14.3 Å². The second kappa shape index (κ2) is 8.08. The molecule has 4 nitrogen and oxygen atoms in total. The smallest absolute Gasteiger partial charge is 0.343 e. The molecule has 0 radical (unpaired) electrons. The highest BCUT2D eigenvalue weighted by Gasteiger charge is 2.17. The standard InChI is InChI=1S/C15H19NO3/c1-3-13(15(18)19-4-2)14(17)16-11-10-12-8-6-5-7-9-12/h3,5-9H,4,10-11H2,1-2H3,(H,16,17)/b13-3-. The molecule has 0 unspecified atom stereocenters. The molecule has 0 atom stereocenters. The Morgan fingerprint density at radius 3 is 2.53 bits per heavy atom. The van der Waals surface area contributed by atoms with Crippen LogP contribution in [0.5, 0.6) is 0 Å². The normalized spacial score (nSPS) is 10.9. The maximum Gasteiger partial charge on any atom is 0.343 e. The van der Waals surface area contributed by atoms with Crippen LogP contribution in [-0.4, -0.2) is 25.0 Å². The van der Waals surface area contributed by atoms with Gasteiger partial charge in [0.15, 0.2) is 0 Å². The lowest BCUT2D eigenvalue weighted by molar-refractivity contribution is -0.140. The number of nitrogens with one attached hydrogen (secondary N) is 1. The van der Waals surface area contributed by atoms with Crippen molar-refractivity contribution >= 4 is 11.9 Å². The van der Waals surface area contributed by atoms with Crippen LogP contribution in [0.3, 0.4) is 0 Å². The zero-order valence-electron chi connectivity index (χ0n) is 11.3. The first-order valence-corrected chi connectivity index (χ1v) is 6.34. The molecule has 1 N–H and O–H groups in total. The van der Waals surface area contributed by atoms with E-state index in [1.165, 1.54) is 6.08 Å². The molecule has 0 aliphatic carbocycles. The summed E-state index contributed by atoms with van der Waals surface area (Å²) in [4.78, 5) is 23.3. The van der Waals surface area contributed by atoms with Gasteiger partial charge in [0.2, 0.25) is 0 Å². The minimum Gasteiger partial charge on any atom is -0.462 e. The molecule has 102 valence electrons. The van der Waals surface area contributed by atoms with Gasteiger partial charge in [-0.15, -0.1) is 0 Å². The van der Waals surface area contributed by atoms with E-state index in [1.807, 2.05) is 30.3 Å². The summed E-state index contributed by atoms with van der Waals surface area (Å²) in [6.45, 7) is 4.09. The summed E-state index contributed by atoms with van der Waals surface area (Å²) < 4.78 is 4.81. The van der Waals surface area contributed by atoms with Crippen LogP contribution in [0.15, 0.2) is 42.0 Å². The highest BCUT2D eigenvalue weighted by Crippen LogP contribution is 2.01. The van der Waals surface area contributed by atoms with Crippen molar-refractivity contribution in [1.29, 1.82) is 0 Å². The highest BCUT2D eigenvalue weighted by atomic mass is 16.5. The fraction of sp³-hybridized carbons (Fsp3) is 0.333. The molecule has 4 heteroatoms. The topological polar surface area (TPSA) is 55.4 Å². The molecule has 0 bridgehead atoms. The van der Waals surface area contributed by atoms with Crippen LogP contribution in [0.1, 0.15) is 19.4 Å². The molecular formula is C15H19NO3. The van der Waals surface area contributed by atoms with Gasteiger partial charge >= 0.3 is 5.97 Å². The minimum absolute atomic E-state index is 0.0508. The molecule has 0 aliphatic heterocycles. The van der Waals surface area contributed by atoms with Crippen LogP contribution in [-0.2, 0) is 20.7 Å². The van der Waals surface area contributed by atoms with E-state index in [0.29, 0.717) is 6.54 Å². The van der Waals surface area contributed by atoms with Crippen LogP contribution in [0.4, 0.5) is 0 Å². The van der Waals surface area contributed by atoms with Crippen molar-refractivity contribution in [2.45, 2.75) is 20.3 Å². The Kier molecular flexibility index (Phi) is 6.36. The van der Waals surface area contributed by atoms with Gasteiger partial charge in [-0.1, -0.05) is 36.4 Å². The average molecular weight is 261 g/mol. The van der Waals surface area contributed by atoms with Crippen LogP contribution in [0, 0.1) is 0 Å². The summed E-state index contributed by atoms with van der Waals surface area (Å²) in [5, 5.41) is 2.71. The molecule has 0 saturated carbocycles. The number of amides is 1. The molecule has 1 amide bonds. The number of hydrogen-bond donors (Lipinski definition) is 1. The van der Waals surface area contributed by atoms with E-state index in [-0.39, 0.29) is 12.2 Å². The Morgan fingerprint density at radius 1 is 1.26 bits per heavy atom. The molecule has 0 aliphatic rings. The third-order valence-corrected chi connectivity index (χ3v) is 2.57. The van der Waals surface area contributed by atoms with Gasteiger partial charge in [-0.05, 0) is 25.8 Å². The van der Waals surface area contributed by atoms with Crippen molar-refractivity contribution in [3.8, 4) is 0 Å². The van der Waals surface area contributed by atoms with E-state index in [0.717, 1.165) is 12.0 Å². The Labute approximate surface area is 113 Å². The lowest BCUT2D eigenvalue weighted by Crippen LogP contribution is -2.30. The zero-order chi connectivity index (χ0) is 14.1. The van der Waals surface area contributed by atoms with Gasteiger partial charge in [0.1, 0.15) is 5.57 Å². The first kappa shape index (κ1) is 15.0. The Morgan fingerprint density at radius 2 is 1.95 bits per heavy atom. The number of carbonyl (C=O) groups excluding carboxylic acids is 2. The van der Waals surface area contributed by atoms with E-state index in [1.54, 1.807) is 13.8 Å². The monoisotopic (exact) mass is 261 g/mol. The largest absolute Gasteiger partial charge is 0.462 e. The number of esters is 1. The maximum absolute atomic E-state index is 11.8.